The van der Waals surface area contributed by atoms with Gasteiger partial charge in [-0.1, -0.05) is 71.5 Å². The molecule has 1 N–H and O–H groups in total. The van der Waals surface area contributed by atoms with Crippen LogP contribution in [-0.4, -0.2) is 34.5 Å². The van der Waals surface area contributed by atoms with Crippen LogP contribution in [0.4, 0.5) is 0 Å². The van der Waals surface area contributed by atoms with Crippen molar-refractivity contribution in [2.45, 2.75) is 67.3 Å². The number of hydrogen-bond acceptors (Lipinski definition) is 3. The summed E-state index contributed by atoms with van der Waals surface area (Å²) in [5.41, 5.74) is 6.67. The normalized spacial score (nSPS) is 20.5. The third kappa shape index (κ3) is 4.98. The first-order valence-corrected chi connectivity index (χ1v) is 12.1. The van der Waals surface area contributed by atoms with Crippen molar-refractivity contribution in [2.75, 3.05) is 13.6 Å². The Morgan fingerprint density at radius 1 is 1.21 bits per heavy atom. The summed E-state index contributed by atoms with van der Waals surface area (Å²) >= 11 is 0. The molecule has 0 bridgehead atoms. The van der Waals surface area contributed by atoms with Crippen molar-refractivity contribution in [1.82, 2.24) is 9.80 Å². The lowest BCUT2D eigenvalue weighted by atomic mass is 9.82. The molecule has 0 spiro atoms. The molecule has 1 aromatic rings. The van der Waals surface area contributed by atoms with E-state index in [1.807, 2.05) is 6.20 Å². The zero-order valence-electron chi connectivity index (χ0n) is 21.9. The van der Waals surface area contributed by atoms with Crippen molar-refractivity contribution in [2.24, 2.45) is 11.3 Å². The molecule has 1 atom stereocenters. The van der Waals surface area contributed by atoms with Crippen LogP contribution in [0.25, 0.3) is 11.3 Å². The van der Waals surface area contributed by atoms with Crippen molar-refractivity contribution < 1.29 is 5.11 Å². The lowest BCUT2D eigenvalue weighted by molar-refractivity contribution is 0.129. The van der Waals surface area contributed by atoms with Gasteiger partial charge in [-0.2, -0.15) is 0 Å². The van der Waals surface area contributed by atoms with Crippen LogP contribution in [0.15, 0.2) is 66.2 Å². The van der Waals surface area contributed by atoms with Crippen LogP contribution in [0.2, 0.25) is 0 Å². The average Bonchev–Trinajstić information content (AvgIpc) is 2.69. The van der Waals surface area contributed by atoms with Gasteiger partial charge in [0.2, 0.25) is 0 Å². The highest BCUT2D eigenvalue weighted by molar-refractivity contribution is 5.70. The van der Waals surface area contributed by atoms with Crippen LogP contribution in [0.3, 0.4) is 0 Å². The first-order chi connectivity index (χ1) is 15.3. The molecule has 3 heteroatoms. The molecule has 3 rings (SSSR count). The second-order valence-corrected chi connectivity index (χ2v) is 11.3. The zero-order valence-corrected chi connectivity index (χ0v) is 21.9. The Kier molecular flexibility index (Phi) is 7.02. The lowest BCUT2D eigenvalue weighted by Gasteiger charge is -2.50. The second kappa shape index (κ2) is 9.29. The molecule has 1 fully saturated rings. The smallest absolute Gasteiger partial charge is 0.117 e. The molecule has 2 aliphatic heterocycles. The number of aliphatic hydroxyl groups excluding tert-OH is 1. The topological polar surface area (TPSA) is 26.7 Å². The summed E-state index contributed by atoms with van der Waals surface area (Å²) in [7, 11) is 2.20. The number of fused-ring (bicyclic) bond motifs is 1. The van der Waals surface area contributed by atoms with Crippen LogP contribution >= 0.6 is 0 Å². The fourth-order valence-corrected chi connectivity index (χ4v) is 5.03. The van der Waals surface area contributed by atoms with E-state index in [1.165, 1.54) is 33.7 Å². The number of aliphatic hydroxyl groups is 1. The lowest BCUT2D eigenvalue weighted by Crippen LogP contribution is -2.55. The van der Waals surface area contributed by atoms with Gasteiger partial charge in [0.05, 0.1) is 17.4 Å². The molecule has 2 heterocycles. The second-order valence-electron chi connectivity index (χ2n) is 11.3. The standard InChI is InChI=1S/C30H42N2O/c1-19(2)14-15-23-12-11-13-24(28(23)20(3)4)29-26-16-21(5)25(22(6)33)17-32(26)27(18-31(29)10)30(7,8)9/h11-13,16-17,19,27,33H,5-6,14-15,18H2,1-4,7-10H3/b29-24-. The molecular weight excluding hydrogens is 404 g/mol. The Morgan fingerprint density at radius 3 is 2.42 bits per heavy atom. The summed E-state index contributed by atoms with van der Waals surface area (Å²) in [6.45, 7) is 24.8. The Bertz CT molecular complexity index is 1140. The third-order valence-corrected chi connectivity index (χ3v) is 6.82. The van der Waals surface area contributed by atoms with E-state index in [4.69, 9.17) is 0 Å². The molecule has 0 amide bonds. The van der Waals surface area contributed by atoms with Crippen molar-refractivity contribution in [3.63, 3.8) is 0 Å². The molecule has 1 saturated heterocycles. The molecule has 0 aliphatic carbocycles. The first-order valence-electron chi connectivity index (χ1n) is 12.1. The molecule has 33 heavy (non-hydrogen) atoms. The van der Waals surface area contributed by atoms with E-state index in [1.54, 1.807) is 0 Å². The molecule has 0 saturated carbocycles. The molecule has 0 aromatic heterocycles. The van der Waals surface area contributed by atoms with E-state index in [0.717, 1.165) is 24.2 Å². The predicted molar refractivity (Wildman–Crippen MR) is 142 cm³/mol. The van der Waals surface area contributed by atoms with Crippen LogP contribution in [0.5, 0.6) is 0 Å². The molecule has 1 aromatic carbocycles. The quantitative estimate of drug-likeness (QED) is 0.606. The first kappa shape index (κ1) is 25.0. The van der Waals surface area contributed by atoms with Crippen LogP contribution in [-0.2, 0) is 6.42 Å². The maximum atomic E-state index is 10.2. The van der Waals surface area contributed by atoms with E-state index in [2.05, 4.69) is 103 Å². The van der Waals surface area contributed by atoms with Gasteiger partial charge < -0.3 is 14.9 Å². The maximum absolute atomic E-state index is 10.2. The highest BCUT2D eigenvalue weighted by Gasteiger charge is 2.39. The van der Waals surface area contributed by atoms with Gasteiger partial charge in [-0.25, -0.2) is 0 Å². The van der Waals surface area contributed by atoms with Crippen LogP contribution in [0, 0.1) is 11.3 Å². The van der Waals surface area contributed by atoms with Gasteiger partial charge in [-0.15, -0.1) is 0 Å². The number of nitrogens with zero attached hydrogens (tertiary/aromatic N) is 2. The molecule has 1 unspecified atom stereocenters. The summed E-state index contributed by atoms with van der Waals surface area (Å²) in [6.07, 6.45) is 6.43. The highest BCUT2D eigenvalue weighted by Crippen LogP contribution is 2.40. The number of piperazine rings is 1. The summed E-state index contributed by atoms with van der Waals surface area (Å²) in [6, 6.07) is 7.00. The number of likely N-dealkylation sites (N-methyl/N-ethyl adjacent to an activating group) is 1. The largest absolute Gasteiger partial charge is 0.508 e. The summed E-state index contributed by atoms with van der Waals surface area (Å²) in [4.78, 5) is 4.75. The van der Waals surface area contributed by atoms with E-state index in [0.29, 0.717) is 11.5 Å². The molecule has 0 radical (unpaired) electrons. The van der Waals surface area contributed by atoms with E-state index in [-0.39, 0.29) is 17.2 Å². The fraction of sp³-hybridized carbons (Fsp3) is 0.467. The SMILES string of the molecule is C=C(O)C1=CN2C(=CC1=C)/C(=c1\cccc(CCC(C)C)c1=C(C)C)N(C)CC2C(C)(C)C. The third-order valence-electron chi connectivity index (χ3n) is 6.82. The Balaban J connectivity index is 2.34. The zero-order chi connectivity index (χ0) is 24.7. The van der Waals surface area contributed by atoms with Crippen molar-refractivity contribution in [1.29, 1.82) is 0 Å². The highest BCUT2D eigenvalue weighted by atomic mass is 16.3. The van der Waals surface area contributed by atoms with Gasteiger partial charge in [-0.3, -0.25) is 0 Å². The number of aryl methyl sites for hydroxylation is 1. The van der Waals surface area contributed by atoms with Gasteiger partial charge >= 0.3 is 0 Å². The molecule has 178 valence electrons. The molecule has 2 aliphatic rings. The van der Waals surface area contributed by atoms with Crippen LogP contribution in [0.1, 0.15) is 60.5 Å². The fourth-order valence-electron chi connectivity index (χ4n) is 5.03. The van der Waals surface area contributed by atoms with E-state index in [9.17, 15) is 5.11 Å². The predicted octanol–water partition coefficient (Wildman–Crippen LogP) is 5.65. The van der Waals surface area contributed by atoms with E-state index >= 15 is 0 Å². The minimum absolute atomic E-state index is 0.0463. The Labute approximate surface area is 200 Å². The number of hydrogen-bond donors (Lipinski definition) is 1. The minimum atomic E-state index is 0.0463. The van der Waals surface area contributed by atoms with Crippen molar-refractivity contribution in [3.05, 3.63) is 82.2 Å². The number of rotatable bonds is 4. The number of allylic oxidation sites excluding steroid dienone is 2. The Morgan fingerprint density at radius 2 is 1.88 bits per heavy atom. The van der Waals surface area contributed by atoms with Crippen LogP contribution < -0.4 is 10.4 Å². The monoisotopic (exact) mass is 446 g/mol. The summed E-state index contributed by atoms with van der Waals surface area (Å²) in [5, 5.41) is 12.9. The van der Waals surface area contributed by atoms with Gasteiger partial charge in [0, 0.05) is 30.6 Å². The van der Waals surface area contributed by atoms with Crippen molar-refractivity contribution in [3.8, 4) is 0 Å². The van der Waals surface area contributed by atoms with Gasteiger partial charge in [0.15, 0.2) is 0 Å². The number of benzene rings is 1. The van der Waals surface area contributed by atoms with Crippen molar-refractivity contribution >= 4 is 11.3 Å². The summed E-state index contributed by atoms with van der Waals surface area (Å²) in [5.74, 6) is 0.740. The van der Waals surface area contributed by atoms with Gasteiger partial charge in [0.1, 0.15) is 5.76 Å². The van der Waals surface area contributed by atoms with E-state index < -0.39 is 0 Å². The van der Waals surface area contributed by atoms with Gasteiger partial charge in [0.25, 0.3) is 0 Å². The summed E-state index contributed by atoms with van der Waals surface area (Å²) < 4.78 is 0. The minimum Gasteiger partial charge on any atom is -0.508 e. The average molecular weight is 447 g/mol. The molecule has 3 nitrogen and oxygen atoms in total. The Hall–Kier alpha value is -2.68. The molecular formula is C30H42N2O. The maximum Gasteiger partial charge on any atom is 0.117 e. The van der Waals surface area contributed by atoms with Gasteiger partial charge in [-0.05, 0) is 60.5 Å².